The van der Waals surface area contributed by atoms with Crippen molar-refractivity contribution in [3.05, 3.63) is 22.4 Å². The van der Waals surface area contributed by atoms with Gasteiger partial charge in [0.2, 0.25) is 0 Å². The fraction of sp³-hybridized carbons (Fsp3) is 0.692. The largest absolute Gasteiger partial charge is 0.299 e. The van der Waals surface area contributed by atoms with E-state index in [-0.39, 0.29) is 0 Å². The van der Waals surface area contributed by atoms with Crippen molar-refractivity contribution in [3.63, 3.8) is 0 Å². The molecule has 0 aliphatic heterocycles. The van der Waals surface area contributed by atoms with Gasteiger partial charge in [-0.05, 0) is 30.7 Å². The SMILES string of the molecule is CCC(CC)N(CCCl)CCc1cccs1. The normalized spacial score (nSPS) is 11.6. The van der Waals surface area contributed by atoms with E-state index >= 15 is 0 Å². The van der Waals surface area contributed by atoms with Crippen molar-refractivity contribution in [1.29, 1.82) is 0 Å². The molecule has 0 unspecified atom stereocenters. The van der Waals surface area contributed by atoms with E-state index in [2.05, 4.69) is 36.3 Å². The first-order chi connectivity index (χ1) is 7.81. The van der Waals surface area contributed by atoms with E-state index in [1.807, 2.05) is 11.3 Å². The molecule has 0 aliphatic carbocycles. The van der Waals surface area contributed by atoms with Crippen molar-refractivity contribution in [2.45, 2.75) is 39.2 Å². The van der Waals surface area contributed by atoms with Crippen molar-refractivity contribution in [1.82, 2.24) is 4.90 Å². The Kier molecular flexibility index (Phi) is 7.10. The lowest BCUT2D eigenvalue weighted by Gasteiger charge is -2.29. The van der Waals surface area contributed by atoms with Gasteiger partial charge in [-0.25, -0.2) is 0 Å². The van der Waals surface area contributed by atoms with Gasteiger partial charge >= 0.3 is 0 Å². The molecule has 1 nitrogen and oxygen atoms in total. The first-order valence-corrected chi connectivity index (χ1v) is 7.55. The van der Waals surface area contributed by atoms with Crippen molar-refractivity contribution in [3.8, 4) is 0 Å². The fourth-order valence-corrected chi connectivity index (χ4v) is 3.01. The number of alkyl halides is 1. The molecule has 0 atom stereocenters. The Hall–Kier alpha value is -0.0500. The molecule has 1 aromatic heterocycles. The summed E-state index contributed by atoms with van der Waals surface area (Å²) in [5.41, 5.74) is 0. The average Bonchev–Trinajstić information content (AvgIpc) is 2.80. The third-order valence-corrected chi connectivity index (χ3v) is 4.16. The average molecular weight is 260 g/mol. The third kappa shape index (κ3) is 4.44. The highest BCUT2D eigenvalue weighted by atomic mass is 35.5. The molecule has 0 fully saturated rings. The number of hydrogen-bond donors (Lipinski definition) is 0. The third-order valence-electron chi connectivity index (χ3n) is 3.06. The van der Waals surface area contributed by atoms with Crippen molar-refractivity contribution < 1.29 is 0 Å². The molecule has 1 heterocycles. The van der Waals surface area contributed by atoms with Crippen LogP contribution in [0.3, 0.4) is 0 Å². The lowest BCUT2D eigenvalue weighted by Crippen LogP contribution is -2.37. The monoisotopic (exact) mass is 259 g/mol. The van der Waals surface area contributed by atoms with Crippen LogP contribution in [0, 0.1) is 0 Å². The topological polar surface area (TPSA) is 3.24 Å². The van der Waals surface area contributed by atoms with Gasteiger partial charge in [0.1, 0.15) is 0 Å². The van der Waals surface area contributed by atoms with E-state index in [1.165, 1.54) is 17.7 Å². The van der Waals surface area contributed by atoms with Crippen LogP contribution in [0.25, 0.3) is 0 Å². The summed E-state index contributed by atoms with van der Waals surface area (Å²) in [6, 6.07) is 5.04. The minimum Gasteiger partial charge on any atom is -0.299 e. The zero-order chi connectivity index (χ0) is 11.8. The minimum absolute atomic E-state index is 0.693. The van der Waals surface area contributed by atoms with E-state index in [0.717, 1.165) is 25.4 Å². The fourth-order valence-electron chi connectivity index (χ4n) is 2.10. The highest BCUT2D eigenvalue weighted by Gasteiger charge is 2.14. The van der Waals surface area contributed by atoms with Crippen molar-refractivity contribution in [2.24, 2.45) is 0 Å². The van der Waals surface area contributed by atoms with Crippen LogP contribution >= 0.6 is 22.9 Å². The second kappa shape index (κ2) is 8.10. The Morgan fingerprint density at radius 2 is 2.06 bits per heavy atom. The molecular formula is C13H22ClNS. The maximum Gasteiger partial charge on any atom is 0.0351 e. The molecule has 1 aromatic rings. The highest BCUT2D eigenvalue weighted by molar-refractivity contribution is 7.09. The standard InChI is InChI=1S/C13H22ClNS/c1-3-12(4-2)15(10-8-14)9-7-13-6-5-11-16-13/h5-6,11-12H,3-4,7-10H2,1-2H3. The van der Waals surface area contributed by atoms with Crippen LogP contribution in [-0.2, 0) is 6.42 Å². The number of thiophene rings is 1. The predicted octanol–water partition coefficient (Wildman–Crippen LogP) is 4.02. The Morgan fingerprint density at radius 1 is 1.31 bits per heavy atom. The summed E-state index contributed by atoms with van der Waals surface area (Å²) in [5, 5.41) is 2.15. The lowest BCUT2D eigenvalue weighted by molar-refractivity contribution is 0.199. The van der Waals surface area contributed by atoms with Gasteiger partial charge in [-0.3, -0.25) is 4.90 Å². The van der Waals surface area contributed by atoms with Gasteiger partial charge in [-0.1, -0.05) is 19.9 Å². The molecule has 3 heteroatoms. The number of halogens is 1. The molecule has 0 saturated heterocycles. The first-order valence-electron chi connectivity index (χ1n) is 6.14. The summed E-state index contributed by atoms with van der Waals surface area (Å²) in [6.45, 7) is 6.68. The van der Waals surface area contributed by atoms with Crippen LogP contribution in [-0.4, -0.2) is 29.9 Å². The molecule has 0 amide bonds. The van der Waals surface area contributed by atoms with Crippen LogP contribution in [0.4, 0.5) is 0 Å². The van der Waals surface area contributed by atoms with E-state index in [0.29, 0.717) is 6.04 Å². The number of nitrogens with zero attached hydrogens (tertiary/aromatic N) is 1. The van der Waals surface area contributed by atoms with E-state index in [4.69, 9.17) is 11.6 Å². The quantitative estimate of drug-likeness (QED) is 0.638. The van der Waals surface area contributed by atoms with Gasteiger partial charge in [0.25, 0.3) is 0 Å². The van der Waals surface area contributed by atoms with Gasteiger partial charge in [0.15, 0.2) is 0 Å². The molecule has 0 N–H and O–H groups in total. The maximum absolute atomic E-state index is 5.88. The van der Waals surface area contributed by atoms with Crippen molar-refractivity contribution in [2.75, 3.05) is 19.0 Å². The summed E-state index contributed by atoms with van der Waals surface area (Å²) < 4.78 is 0. The summed E-state index contributed by atoms with van der Waals surface area (Å²) in [4.78, 5) is 4.01. The van der Waals surface area contributed by atoms with E-state index in [1.54, 1.807) is 0 Å². The van der Waals surface area contributed by atoms with Gasteiger partial charge in [0, 0.05) is 29.9 Å². The summed E-state index contributed by atoms with van der Waals surface area (Å²) in [7, 11) is 0. The van der Waals surface area contributed by atoms with Gasteiger partial charge in [0.05, 0.1) is 0 Å². The minimum atomic E-state index is 0.693. The van der Waals surface area contributed by atoms with Crippen LogP contribution in [0.15, 0.2) is 17.5 Å². The second-order valence-corrected chi connectivity index (χ2v) is 5.43. The van der Waals surface area contributed by atoms with E-state index < -0.39 is 0 Å². The van der Waals surface area contributed by atoms with Gasteiger partial charge in [-0.2, -0.15) is 0 Å². The predicted molar refractivity (Wildman–Crippen MR) is 74.7 cm³/mol. The molecule has 92 valence electrons. The molecule has 0 bridgehead atoms. The van der Waals surface area contributed by atoms with Crippen LogP contribution in [0.5, 0.6) is 0 Å². The smallest absolute Gasteiger partial charge is 0.0351 e. The zero-order valence-corrected chi connectivity index (χ0v) is 11.9. The molecule has 0 spiro atoms. The first kappa shape index (κ1) is 14.0. The Bertz CT molecular complexity index is 257. The highest BCUT2D eigenvalue weighted by Crippen LogP contribution is 2.13. The molecule has 0 saturated carbocycles. The molecular weight excluding hydrogens is 238 g/mol. The molecule has 0 aromatic carbocycles. The van der Waals surface area contributed by atoms with Gasteiger partial charge < -0.3 is 0 Å². The number of hydrogen-bond acceptors (Lipinski definition) is 2. The second-order valence-electron chi connectivity index (χ2n) is 4.02. The molecule has 0 radical (unpaired) electrons. The van der Waals surface area contributed by atoms with Crippen LogP contribution < -0.4 is 0 Å². The molecule has 16 heavy (non-hydrogen) atoms. The lowest BCUT2D eigenvalue weighted by atomic mass is 10.1. The van der Waals surface area contributed by atoms with E-state index in [9.17, 15) is 0 Å². The Morgan fingerprint density at radius 3 is 2.56 bits per heavy atom. The molecule has 0 aliphatic rings. The van der Waals surface area contributed by atoms with Crippen LogP contribution in [0.2, 0.25) is 0 Å². The zero-order valence-electron chi connectivity index (χ0n) is 10.3. The van der Waals surface area contributed by atoms with Crippen LogP contribution in [0.1, 0.15) is 31.6 Å². The Labute approximate surface area is 108 Å². The summed E-state index contributed by atoms with van der Waals surface area (Å²) in [6.07, 6.45) is 3.60. The molecule has 1 rings (SSSR count). The number of rotatable bonds is 8. The Balaban J connectivity index is 2.43. The summed E-state index contributed by atoms with van der Waals surface area (Å²) in [5.74, 6) is 0.737. The van der Waals surface area contributed by atoms with Gasteiger partial charge in [-0.15, -0.1) is 22.9 Å². The summed E-state index contributed by atoms with van der Waals surface area (Å²) >= 11 is 7.73. The maximum atomic E-state index is 5.88. The van der Waals surface area contributed by atoms with Crippen molar-refractivity contribution >= 4 is 22.9 Å².